The highest BCUT2D eigenvalue weighted by molar-refractivity contribution is 9.10. The predicted molar refractivity (Wildman–Crippen MR) is 127 cm³/mol. The molecule has 1 fully saturated rings. The summed E-state index contributed by atoms with van der Waals surface area (Å²) in [6.07, 6.45) is -3.79. The molecule has 9 nitrogen and oxygen atoms in total. The molecule has 0 unspecified atom stereocenters. The Kier molecular flexibility index (Phi) is 8.99. The number of likely N-dealkylation sites (tertiary alicyclic amines) is 1. The fourth-order valence-electron chi connectivity index (χ4n) is 3.46. The zero-order valence-corrected chi connectivity index (χ0v) is 20.4. The van der Waals surface area contributed by atoms with E-state index in [1.165, 1.54) is 30.2 Å². The van der Waals surface area contributed by atoms with Crippen molar-refractivity contribution in [3.05, 3.63) is 63.6 Å². The first-order valence-electron chi connectivity index (χ1n) is 10.6. The molecule has 3 rings (SSSR count). The summed E-state index contributed by atoms with van der Waals surface area (Å²) in [6, 6.07) is 10.6. The average Bonchev–Trinajstić information content (AvgIpc) is 2.80. The van der Waals surface area contributed by atoms with Gasteiger partial charge in [-0.05, 0) is 35.7 Å². The summed E-state index contributed by atoms with van der Waals surface area (Å²) in [6.45, 7) is -0.271. The van der Waals surface area contributed by atoms with Crippen LogP contribution < -0.4 is 15.8 Å². The number of carbonyl (C=O) groups excluding carboxylic acids is 2. The normalized spacial score (nSPS) is 16.5. The molecule has 0 aliphatic carbocycles. The van der Waals surface area contributed by atoms with Crippen molar-refractivity contribution in [3.8, 4) is 5.75 Å². The predicted octanol–water partition coefficient (Wildman–Crippen LogP) is 2.31. The highest BCUT2D eigenvalue weighted by Gasteiger charge is 2.40. The minimum absolute atomic E-state index is 0.0840. The summed E-state index contributed by atoms with van der Waals surface area (Å²) >= 11 is 3.22. The van der Waals surface area contributed by atoms with Crippen LogP contribution in [0.15, 0.2) is 52.1 Å². The number of nitrogens with one attached hydrogen (secondary N) is 1. The summed E-state index contributed by atoms with van der Waals surface area (Å²) in [5, 5.41) is 17.0. The lowest BCUT2D eigenvalue weighted by molar-refractivity contribution is -0.154. The van der Waals surface area contributed by atoms with Gasteiger partial charge in [-0.2, -0.15) is 0 Å². The van der Waals surface area contributed by atoms with Gasteiger partial charge in [-0.15, -0.1) is 0 Å². The van der Waals surface area contributed by atoms with Crippen molar-refractivity contribution in [2.45, 2.75) is 31.5 Å². The van der Waals surface area contributed by atoms with Crippen molar-refractivity contribution in [3.63, 3.8) is 0 Å². The van der Waals surface area contributed by atoms with Crippen molar-refractivity contribution < 1.29 is 33.1 Å². The van der Waals surface area contributed by atoms with Gasteiger partial charge in [0.2, 0.25) is 5.91 Å². The van der Waals surface area contributed by atoms with Gasteiger partial charge in [-0.25, -0.2) is 8.78 Å². The van der Waals surface area contributed by atoms with Gasteiger partial charge in [0.1, 0.15) is 25.5 Å². The summed E-state index contributed by atoms with van der Waals surface area (Å²) in [7, 11) is 1.39. The molecule has 2 atom stereocenters. The SMILES string of the molecule is CO/N=C(\N)c1ccc(CNC(=O)[C@@H]2CCN2C(=O)[C@H](O)c2cc(Br)cc(OCC(F)F)c2)cc1. The third-order valence-corrected chi connectivity index (χ3v) is 5.79. The molecular formula is C23H25BrF2N4O5. The summed E-state index contributed by atoms with van der Waals surface area (Å²) in [4.78, 5) is 31.4. The van der Waals surface area contributed by atoms with Crippen LogP contribution in [0.5, 0.6) is 5.75 Å². The summed E-state index contributed by atoms with van der Waals surface area (Å²) in [5.41, 5.74) is 7.40. The van der Waals surface area contributed by atoms with Crippen molar-refractivity contribution in [2.75, 3.05) is 20.3 Å². The van der Waals surface area contributed by atoms with Gasteiger partial charge in [0, 0.05) is 23.1 Å². The molecule has 12 heteroatoms. The maximum Gasteiger partial charge on any atom is 0.272 e. The monoisotopic (exact) mass is 554 g/mol. The molecule has 1 heterocycles. The number of amides is 2. The van der Waals surface area contributed by atoms with E-state index in [4.69, 9.17) is 10.5 Å². The summed E-state index contributed by atoms with van der Waals surface area (Å²) in [5.74, 6) is -0.702. The highest BCUT2D eigenvalue weighted by atomic mass is 79.9. The first-order chi connectivity index (χ1) is 16.7. The molecule has 2 amide bonds. The lowest BCUT2D eigenvalue weighted by Gasteiger charge is -2.40. The number of aliphatic hydroxyl groups excluding tert-OH is 1. The number of hydrogen-bond donors (Lipinski definition) is 3. The maximum atomic E-state index is 12.8. The molecule has 0 aromatic heterocycles. The zero-order chi connectivity index (χ0) is 25.5. The van der Waals surface area contributed by atoms with Crippen LogP contribution >= 0.6 is 15.9 Å². The van der Waals surface area contributed by atoms with E-state index in [2.05, 4.69) is 31.2 Å². The Balaban J connectivity index is 1.58. The van der Waals surface area contributed by atoms with E-state index < -0.39 is 31.1 Å². The second kappa shape index (κ2) is 11.9. The number of carbonyl (C=O) groups is 2. The van der Waals surface area contributed by atoms with Crippen LogP contribution in [0.2, 0.25) is 0 Å². The van der Waals surface area contributed by atoms with E-state index in [9.17, 15) is 23.5 Å². The Morgan fingerprint density at radius 2 is 2.00 bits per heavy atom. The Morgan fingerprint density at radius 3 is 2.60 bits per heavy atom. The molecule has 0 saturated carbocycles. The van der Waals surface area contributed by atoms with Crippen molar-refractivity contribution >= 4 is 33.6 Å². The average molecular weight is 555 g/mol. The van der Waals surface area contributed by atoms with Crippen LogP contribution in [0.25, 0.3) is 0 Å². The lowest BCUT2D eigenvalue weighted by Crippen LogP contribution is -2.59. The fourth-order valence-corrected chi connectivity index (χ4v) is 3.95. The number of benzene rings is 2. The van der Waals surface area contributed by atoms with E-state index in [1.807, 2.05) is 0 Å². The van der Waals surface area contributed by atoms with Crippen LogP contribution in [0, 0.1) is 0 Å². The van der Waals surface area contributed by atoms with Crippen molar-refractivity contribution in [1.82, 2.24) is 10.2 Å². The van der Waals surface area contributed by atoms with E-state index in [-0.39, 0.29) is 29.6 Å². The number of hydrogen-bond acceptors (Lipinski definition) is 6. The molecule has 2 aromatic rings. The number of rotatable bonds is 10. The number of aliphatic hydroxyl groups is 1. The summed E-state index contributed by atoms with van der Waals surface area (Å²) < 4.78 is 30.3. The zero-order valence-electron chi connectivity index (χ0n) is 18.8. The second-order valence-electron chi connectivity index (χ2n) is 7.73. The maximum absolute atomic E-state index is 12.8. The first kappa shape index (κ1) is 26.4. The molecule has 35 heavy (non-hydrogen) atoms. The molecule has 0 bridgehead atoms. The lowest BCUT2D eigenvalue weighted by atomic mass is 9.98. The van der Waals surface area contributed by atoms with E-state index in [0.29, 0.717) is 23.0 Å². The van der Waals surface area contributed by atoms with Gasteiger partial charge in [0.25, 0.3) is 12.3 Å². The Bertz CT molecular complexity index is 1080. The Labute approximate surface area is 209 Å². The number of ether oxygens (including phenoxy) is 1. The minimum Gasteiger partial charge on any atom is -0.488 e. The molecular weight excluding hydrogens is 530 g/mol. The van der Waals surface area contributed by atoms with E-state index in [0.717, 1.165) is 5.56 Å². The van der Waals surface area contributed by atoms with E-state index in [1.54, 1.807) is 24.3 Å². The third-order valence-electron chi connectivity index (χ3n) is 5.33. The smallest absolute Gasteiger partial charge is 0.272 e. The van der Waals surface area contributed by atoms with Gasteiger partial charge in [-0.1, -0.05) is 45.4 Å². The molecule has 1 saturated heterocycles. The number of oxime groups is 1. The van der Waals surface area contributed by atoms with Gasteiger partial charge in [0.15, 0.2) is 11.9 Å². The number of halogens is 3. The molecule has 1 aliphatic heterocycles. The van der Waals surface area contributed by atoms with Crippen LogP contribution in [0.4, 0.5) is 8.78 Å². The van der Waals surface area contributed by atoms with Gasteiger partial charge < -0.3 is 30.6 Å². The van der Waals surface area contributed by atoms with Gasteiger partial charge >= 0.3 is 0 Å². The molecule has 0 spiro atoms. The molecule has 0 radical (unpaired) electrons. The second-order valence-corrected chi connectivity index (χ2v) is 8.65. The minimum atomic E-state index is -2.66. The highest BCUT2D eigenvalue weighted by Crippen LogP contribution is 2.29. The molecule has 2 aromatic carbocycles. The number of alkyl halides is 2. The molecule has 1 aliphatic rings. The fraction of sp³-hybridized carbons (Fsp3) is 0.348. The standard InChI is InChI=1S/C23H25BrF2N4O5/c1-34-29-21(27)14-4-2-13(3-5-14)11-28-22(32)18-6-7-30(18)23(33)20(31)15-8-16(24)10-17(9-15)35-12-19(25)26/h2-5,8-10,18-20,31H,6-7,11-12H2,1H3,(H2,27,29)(H,28,32)/t18-,20+/m0/s1. The largest absolute Gasteiger partial charge is 0.488 e. The first-order valence-corrected chi connectivity index (χ1v) is 11.4. The van der Waals surface area contributed by atoms with Crippen molar-refractivity contribution in [2.24, 2.45) is 10.9 Å². The number of nitrogens with two attached hydrogens (primary N) is 1. The number of nitrogens with zero attached hydrogens (tertiary/aromatic N) is 2. The van der Waals surface area contributed by atoms with Crippen LogP contribution in [0.1, 0.15) is 29.2 Å². The van der Waals surface area contributed by atoms with Crippen LogP contribution in [0.3, 0.4) is 0 Å². The van der Waals surface area contributed by atoms with Crippen LogP contribution in [-0.2, 0) is 21.0 Å². The van der Waals surface area contributed by atoms with Crippen molar-refractivity contribution in [1.29, 1.82) is 0 Å². The number of amidine groups is 1. The van der Waals surface area contributed by atoms with Gasteiger partial charge in [0.05, 0.1) is 0 Å². The third kappa shape index (κ3) is 6.89. The topological polar surface area (TPSA) is 126 Å². The van der Waals surface area contributed by atoms with E-state index >= 15 is 0 Å². The Morgan fingerprint density at radius 1 is 1.29 bits per heavy atom. The quantitative estimate of drug-likeness (QED) is 0.235. The van der Waals surface area contributed by atoms with Gasteiger partial charge in [-0.3, -0.25) is 9.59 Å². The Hall–Kier alpha value is -3.25. The van der Waals surface area contributed by atoms with Crippen LogP contribution in [-0.4, -0.2) is 60.4 Å². The molecule has 188 valence electrons. The molecule has 4 N–H and O–H groups in total.